The summed E-state index contributed by atoms with van der Waals surface area (Å²) >= 11 is 0. The number of rotatable bonds is 8. The Balaban J connectivity index is 1.42. The number of nitrogens with one attached hydrogen (secondary N) is 2. The Labute approximate surface area is 226 Å². The van der Waals surface area contributed by atoms with Crippen molar-refractivity contribution in [1.29, 1.82) is 0 Å². The van der Waals surface area contributed by atoms with Gasteiger partial charge in [0.05, 0.1) is 5.56 Å². The van der Waals surface area contributed by atoms with E-state index in [0.717, 1.165) is 11.3 Å². The summed E-state index contributed by atoms with van der Waals surface area (Å²) < 4.78 is 33.8. The first-order valence-electron chi connectivity index (χ1n) is 12.3. The molecule has 4 aromatic carbocycles. The Kier molecular flexibility index (Phi) is 8.24. The third-order valence-corrected chi connectivity index (χ3v) is 6.20. The van der Waals surface area contributed by atoms with Crippen LogP contribution < -0.4 is 20.3 Å². The average Bonchev–Trinajstić information content (AvgIpc) is 2.91. The van der Waals surface area contributed by atoms with Gasteiger partial charge in [0.25, 0.3) is 11.8 Å². The normalized spacial score (nSPS) is 11.4. The Bertz CT molecular complexity index is 1480. The lowest BCUT2D eigenvalue weighted by Crippen LogP contribution is -2.15. The van der Waals surface area contributed by atoms with Crippen LogP contribution in [-0.2, 0) is 0 Å². The molecule has 1 unspecified atom stereocenters. The zero-order chi connectivity index (χ0) is 28.1. The van der Waals surface area contributed by atoms with E-state index in [-0.39, 0.29) is 17.4 Å². The molecule has 0 saturated heterocycles. The number of amides is 2. The number of aryl methyl sites for hydroxylation is 1. The number of benzene rings is 4. The van der Waals surface area contributed by atoms with Gasteiger partial charge in [-0.3, -0.25) is 9.59 Å². The van der Waals surface area contributed by atoms with Crippen molar-refractivity contribution in [3.05, 3.63) is 119 Å². The fourth-order valence-electron chi connectivity index (χ4n) is 4.00. The highest BCUT2D eigenvalue weighted by Gasteiger charge is 2.18. The molecule has 4 rings (SSSR count). The molecular formula is C31H29F2N3O3. The minimum Gasteiger partial charge on any atom is -0.486 e. The van der Waals surface area contributed by atoms with Gasteiger partial charge >= 0.3 is 0 Å². The molecular weight excluding hydrogens is 500 g/mol. The summed E-state index contributed by atoms with van der Waals surface area (Å²) in [4.78, 5) is 27.6. The minimum absolute atomic E-state index is 0.160. The van der Waals surface area contributed by atoms with Crippen LogP contribution in [0.25, 0.3) is 0 Å². The van der Waals surface area contributed by atoms with Crippen molar-refractivity contribution in [1.82, 2.24) is 0 Å². The highest BCUT2D eigenvalue weighted by Crippen LogP contribution is 2.27. The van der Waals surface area contributed by atoms with Gasteiger partial charge in [-0.1, -0.05) is 18.2 Å². The van der Waals surface area contributed by atoms with E-state index in [4.69, 9.17) is 4.74 Å². The second-order valence-electron chi connectivity index (χ2n) is 9.30. The van der Waals surface area contributed by atoms with Gasteiger partial charge in [0, 0.05) is 42.3 Å². The molecule has 4 aromatic rings. The van der Waals surface area contributed by atoms with Crippen molar-refractivity contribution >= 4 is 28.9 Å². The molecule has 0 aliphatic rings. The average molecular weight is 530 g/mol. The molecule has 0 aromatic heterocycles. The third kappa shape index (κ3) is 6.59. The predicted molar refractivity (Wildman–Crippen MR) is 150 cm³/mol. The zero-order valence-electron chi connectivity index (χ0n) is 22.1. The molecule has 0 radical (unpaired) electrons. The molecule has 200 valence electrons. The van der Waals surface area contributed by atoms with Crippen LogP contribution in [0, 0.1) is 18.6 Å². The Morgan fingerprint density at radius 1 is 0.795 bits per heavy atom. The van der Waals surface area contributed by atoms with Crippen LogP contribution in [-0.4, -0.2) is 25.9 Å². The van der Waals surface area contributed by atoms with Crippen LogP contribution in [0.15, 0.2) is 84.9 Å². The van der Waals surface area contributed by atoms with Gasteiger partial charge in [0.1, 0.15) is 23.5 Å². The lowest BCUT2D eigenvalue weighted by molar-refractivity contribution is 0.101. The van der Waals surface area contributed by atoms with E-state index >= 15 is 0 Å². The van der Waals surface area contributed by atoms with Crippen LogP contribution in [0.4, 0.5) is 25.8 Å². The number of hydrogen-bond acceptors (Lipinski definition) is 4. The van der Waals surface area contributed by atoms with E-state index in [2.05, 4.69) is 10.6 Å². The fraction of sp³-hybridized carbons (Fsp3) is 0.161. The number of anilines is 3. The van der Waals surface area contributed by atoms with E-state index in [1.807, 2.05) is 44.1 Å². The maximum Gasteiger partial charge on any atom is 0.255 e. The predicted octanol–water partition coefficient (Wildman–Crippen LogP) is 6.98. The van der Waals surface area contributed by atoms with E-state index in [1.54, 1.807) is 55.5 Å². The molecule has 0 saturated carbocycles. The van der Waals surface area contributed by atoms with E-state index in [1.165, 1.54) is 18.2 Å². The van der Waals surface area contributed by atoms with Gasteiger partial charge in [-0.25, -0.2) is 8.78 Å². The Hall–Kier alpha value is -4.72. The summed E-state index contributed by atoms with van der Waals surface area (Å²) in [6, 6.07) is 22.4. The van der Waals surface area contributed by atoms with Gasteiger partial charge in [0.15, 0.2) is 0 Å². The zero-order valence-corrected chi connectivity index (χ0v) is 22.1. The molecule has 0 fully saturated rings. The summed E-state index contributed by atoms with van der Waals surface area (Å²) in [7, 11) is 3.81. The van der Waals surface area contributed by atoms with Crippen LogP contribution in [0.1, 0.15) is 44.9 Å². The molecule has 6 nitrogen and oxygen atoms in total. The largest absolute Gasteiger partial charge is 0.486 e. The van der Waals surface area contributed by atoms with E-state index in [0.29, 0.717) is 28.3 Å². The summed E-state index contributed by atoms with van der Waals surface area (Å²) in [5.74, 6) is -1.63. The van der Waals surface area contributed by atoms with Gasteiger partial charge in [-0.2, -0.15) is 0 Å². The third-order valence-electron chi connectivity index (χ3n) is 6.20. The minimum atomic E-state index is -0.864. The monoisotopic (exact) mass is 529 g/mol. The highest BCUT2D eigenvalue weighted by molar-refractivity contribution is 6.07. The van der Waals surface area contributed by atoms with Crippen molar-refractivity contribution in [3.63, 3.8) is 0 Å². The maximum atomic E-state index is 14.0. The van der Waals surface area contributed by atoms with Gasteiger partial charge in [0.2, 0.25) is 0 Å². The molecule has 2 amide bonds. The number of carbonyl (C=O) groups excluding carboxylic acids is 2. The molecule has 0 bridgehead atoms. The molecule has 0 aliphatic heterocycles. The standard InChI is InChI=1S/C31H29F2N3O3/c1-19-11-14-23(34-31(38)22-7-5-8-24(17-22)36(3)4)18-28(19)35-30(37)21-12-15-25(16-13-21)39-20(2)29-26(32)9-6-10-27(29)33/h5-18,20H,1-4H3,(H,34,38)(H,35,37). The molecule has 2 N–H and O–H groups in total. The summed E-state index contributed by atoms with van der Waals surface area (Å²) in [6.45, 7) is 3.40. The van der Waals surface area contributed by atoms with Crippen LogP contribution in [0.3, 0.4) is 0 Å². The van der Waals surface area contributed by atoms with Crippen molar-refractivity contribution < 1.29 is 23.1 Å². The molecule has 0 spiro atoms. The second-order valence-corrected chi connectivity index (χ2v) is 9.30. The van der Waals surface area contributed by atoms with Gasteiger partial charge in [-0.05, 0) is 86.1 Å². The molecule has 0 aliphatic carbocycles. The van der Waals surface area contributed by atoms with E-state index in [9.17, 15) is 18.4 Å². The fourth-order valence-corrected chi connectivity index (χ4v) is 4.00. The molecule has 0 heterocycles. The number of ether oxygens (including phenoxy) is 1. The first-order chi connectivity index (χ1) is 18.6. The summed E-state index contributed by atoms with van der Waals surface area (Å²) in [5.41, 5.74) is 3.52. The lowest BCUT2D eigenvalue weighted by Gasteiger charge is -2.17. The van der Waals surface area contributed by atoms with Crippen molar-refractivity contribution in [2.24, 2.45) is 0 Å². The molecule has 39 heavy (non-hydrogen) atoms. The highest BCUT2D eigenvalue weighted by atomic mass is 19.1. The van der Waals surface area contributed by atoms with Gasteiger partial charge < -0.3 is 20.3 Å². The number of halogens is 2. The maximum absolute atomic E-state index is 14.0. The first-order valence-corrected chi connectivity index (χ1v) is 12.3. The van der Waals surface area contributed by atoms with Crippen molar-refractivity contribution in [2.45, 2.75) is 20.0 Å². The summed E-state index contributed by atoms with van der Waals surface area (Å²) in [5, 5.41) is 5.74. The smallest absolute Gasteiger partial charge is 0.255 e. The van der Waals surface area contributed by atoms with Gasteiger partial charge in [-0.15, -0.1) is 0 Å². The van der Waals surface area contributed by atoms with E-state index < -0.39 is 17.7 Å². The number of nitrogens with zero attached hydrogens (tertiary/aromatic N) is 1. The van der Waals surface area contributed by atoms with Crippen LogP contribution in [0.5, 0.6) is 5.75 Å². The van der Waals surface area contributed by atoms with Crippen LogP contribution in [0.2, 0.25) is 0 Å². The summed E-state index contributed by atoms with van der Waals surface area (Å²) in [6.07, 6.45) is -0.864. The van der Waals surface area contributed by atoms with Crippen molar-refractivity contribution in [2.75, 3.05) is 29.6 Å². The Morgan fingerprint density at radius 3 is 2.10 bits per heavy atom. The number of hydrogen-bond donors (Lipinski definition) is 2. The van der Waals surface area contributed by atoms with Crippen molar-refractivity contribution in [3.8, 4) is 5.75 Å². The molecule has 1 atom stereocenters. The first kappa shape index (κ1) is 27.3. The topological polar surface area (TPSA) is 70.7 Å². The lowest BCUT2D eigenvalue weighted by atomic mass is 10.1. The number of carbonyl (C=O) groups is 2. The SMILES string of the molecule is Cc1ccc(NC(=O)c2cccc(N(C)C)c2)cc1NC(=O)c1ccc(OC(C)c2c(F)cccc2F)cc1. The quantitative estimate of drug-likeness (QED) is 0.258. The molecule has 8 heteroatoms. The second kappa shape index (κ2) is 11.8. The van der Waals surface area contributed by atoms with Crippen LogP contribution >= 0.6 is 0 Å². The Morgan fingerprint density at radius 2 is 1.44 bits per heavy atom.